The molecule has 2 amide bonds. The number of anilines is 1. The zero-order valence-electron chi connectivity index (χ0n) is 24.1. The number of halogens is 2. The number of amides is 2. The number of ether oxygens (including phenoxy) is 1. The van der Waals surface area contributed by atoms with E-state index in [2.05, 4.69) is 5.32 Å². The van der Waals surface area contributed by atoms with Crippen molar-refractivity contribution in [1.82, 2.24) is 10.2 Å². The maximum Gasteiger partial charge on any atom is 0.243 e. The molecule has 3 rings (SSSR count). The van der Waals surface area contributed by atoms with Crippen LogP contribution < -0.4 is 14.4 Å². The van der Waals surface area contributed by atoms with Crippen LogP contribution in [0, 0.1) is 0 Å². The summed E-state index contributed by atoms with van der Waals surface area (Å²) in [5, 5.41) is 3.61. The molecule has 3 aromatic rings. The number of carbonyl (C=O) groups is 2. The number of benzene rings is 3. The molecule has 0 unspecified atom stereocenters. The van der Waals surface area contributed by atoms with Crippen molar-refractivity contribution in [2.75, 3.05) is 30.3 Å². The Bertz CT molecular complexity index is 1430. The van der Waals surface area contributed by atoms with E-state index in [1.807, 2.05) is 44.2 Å². The molecule has 0 fully saturated rings. The van der Waals surface area contributed by atoms with Crippen LogP contribution in [-0.4, -0.2) is 57.1 Å². The van der Waals surface area contributed by atoms with E-state index in [1.165, 1.54) is 9.21 Å². The maximum atomic E-state index is 13.9. The summed E-state index contributed by atoms with van der Waals surface area (Å²) in [5.41, 5.74) is 1.81. The Labute approximate surface area is 258 Å². The summed E-state index contributed by atoms with van der Waals surface area (Å²) < 4.78 is 32.5. The topological polar surface area (TPSA) is 96.0 Å². The molecule has 0 radical (unpaired) electrons. The molecule has 8 nitrogen and oxygen atoms in total. The molecule has 11 heteroatoms. The average Bonchev–Trinajstić information content (AvgIpc) is 2.95. The van der Waals surface area contributed by atoms with E-state index in [-0.39, 0.29) is 44.2 Å². The predicted octanol–water partition coefficient (Wildman–Crippen LogP) is 5.71. The molecule has 0 aliphatic carbocycles. The Balaban J connectivity index is 1.92. The average molecular weight is 635 g/mol. The minimum atomic E-state index is -3.69. The van der Waals surface area contributed by atoms with Crippen LogP contribution in [0.5, 0.6) is 5.75 Å². The lowest BCUT2D eigenvalue weighted by Crippen LogP contribution is -2.50. The van der Waals surface area contributed by atoms with E-state index in [9.17, 15) is 18.0 Å². The fourth-order valence-electron chi connectivity index (χ4n) is 4.62. The zero-order valence-corrected chi connectivity index (χ0v) is 26.4. The third-order valence-corrected chi connectivity index (χ3v) is 8.49. The molecule has 0 aliphatic heterocycles. The minimum Gasteiger partial charge on any atom is -0.492 e. The Kier molecular flexibility index (Phi) is 12.5. The lowest BCUT2D eigenvalue weighted by molar-refractivity contribution is -0.141. The van der Waals surface area contributed by atoms with Crippen molar-refractivity contribution in [3.8, 4) is 5.75 Å². The quantitative estimate of drug-likeness (QED) is 0.231. The van der Waals surface area contributed by atoms with Gasteiger partial charge in [0.1, 0.15) is 11.8 Å². The van der Waals surface area contributed by atoms with Crippen LogP contribution in [0.4, 0.5) is 5.69 Å². The third kappa shape index (κ3) is 9.11. The largest absolute Gasteiger partial charge is 0.492 e. The molecule has 0 aromatic heterocycles. The Morgan fingerprint density at radius 1 is 0.929 bits per heavy atom. The molecule has 0 spiro atoms. The van der Waals surface area contributed by atoms with Gasteiger partial charge in [0.15, 0.2) is 0 Å². The van der Waals surface area contributed by atoms with Gasteiger partial charge in [-0.3, -0.25) is 13.9 Å². The molecule has 0 heterocycles. The monoisotopic (exact) mass is 633 g/mol. The van der Waals surface area contributed by atoms with Crippen LogP contribution in [0.25, 0.3) is 0 Å². The second-order valence-electron chi connectivity index (χ2n) is 9.66. The molecule has 0 bridgehead atoms. The van der Waals surface area contributed by atoms with Crippen molar-refractivity contribution >= 4 is 50.7 Å². The van der Waals surface area contributed by atoms with E-state index in [4.69, 9.17) is 27.9 Å². The predicted molar refractivity (Wildman–Crippen MR) is 169 cm³/mol. The number of hydrogen-bond donors (Lipinski definition) is 1. The number of rotatable bonds is 15. The van der Waals surface area contributed by atoms with Gasteiger partial charge in [0.05, 0.1) is 18.6 Å². The van der Waals surface area contributed by atoms with Gasteiger partial charge in [-0.15, -0.1) is 0 Å². The van der Waals surface area contributed by atoms with Crippen LogP contribution in [0.15, 0.2) is 72.8 Å². The fraction of sp³-hybridized carbons (Fsp3) is 0.355. The van der Waals surface area contributed by atoms with Gasteiger partial charge in [-0.05, 0) is 50.1 Å². The third-order valence-electron chi connectivity index (χ3n) is 6.60. The van der Waals surface area contributed by atoms with Crippen molar-refractivity contribution in [3.05, 3.63) is 94.0 Å². The number of nitrogens with zero attached hydrogens (tertiary/aromatic N) is 2. The standard InChI is InChI=1S/C31H37Cl2N3O5S/c1-4-34-31(38)28(21-23-13-7-6-8-14-23)35(22-24-25(32)15-11-16-26(24)33)30(37)19-12-20-36(42(3,39)40)27-17-9-10-18-29(27)41-5-2/h6-11,13-18,28H,4-5,12,19-22H2,1-3H3,(H,34,38)/t28-/m0/s1. The van der Waals surface area contributed by atoms with E-state index in [0.717, 1.165) is 11.8 Å². The molecule has 1 atom stereocenters. The lowest BCUT2D eigenvalue weighted by Gasteiger charge is -2.32. The maximum absolute atomic E-state index is 13.9. The van der Waals surface area contributed by atoms with Gasteiger partial charge in [-0.2, -0.15) is 0 Å². The molecular weight excluding hydrogens is 597 g/mol. The highest BCUT2D eigenvalue weighted by Gasteiger charge is 2.31. The normalized spacial score (nSPS) is 11.9. The van der Waals surface area contributed by atoms with Gasteiger partial charge in [-0.1, -0.05) is 71.7 Å². The van der Waals surface area contributed by atoms with Crippen molar-refractivity contribution in [1.29, 1.82) is 0 Å². The summed E-state index contributed by atoms with van der Waals surface area (Å²) >= 11 is 13.0. The Morgan fingerprint density at radius 3 is 2.19 bits per heavy atom. The molecule has 42 heavy (non-hydrogen) atoms. The highest BCUT2D eigenvalue weighted by Crippen LogP contribution is 2.31. The molecule has 0 saturated carbocycles. The smallest absolute Gasteiger partial charge is 0.243 e. The van der Waals surface area contributed by atoms with Gasteiger partial charge in [-0.25, -0.2) is 8.42 Å². The number of para-hydroxylation sites is 2. The SMILES string of the molecule is CCNC(=O)[C@H](Cc1ccccc1)N(Cc1c(Cl)cccc1Cl)C(=O)CCCN(c1ccccc1OCC)S(C)(=O)=O. The highest BCUT2D eigenvalue weighted by atomic mass is 35.5. The molecule has 226 valence electrons. The van der Waals surface area contributed by atoms with Crippen LogP contribution in [-0.2, 0) is 32.6 Å². The first kappa shape index (κ1) is 33.2. The minimum absolute atomic E-state index is 0.00887. The highest BCUT2D eigenvalue weighted by molar-refractivity contribution is 7.92. The van der Waals surface area contributed by atoms with Crippen molar-refractivity contribution in [2.45, 2.75) is 45.7 Å². The second-order valence-corrected chi connectivity index (χ2v) is 12.4. The van der Waals surface area contributed by atoms with Crippen molar-refractivity contribution in [3.63, 3.8) is 0 Å². The number of carbonyl (C=O) groups excluding carboxylic acids is 2. The summed E-state index contributed by atoms with van der Waals surface area (Å²) in [7, 11) is -3.69. The Morgan fingerprint density at radius 2 is 1.57 bits per heavy atom. The number of likely N-dealkylation sites (N-methyl/N-ethyl adjacent to an activating group) is 1. The molecule has 3 aromatic carbocycles. The Hall–Kier alpha value is -3.27. The summed E-state index contributed by atoms with van der Waals surface area (Å²) in [6.07, 6.45) is 1.58. The summed E-state index contributed by atoms with van der Waals surface area (Å²) in [6, 6.07) is 20.5. The molecule has 0 aliphatic rings. The van der Waals surface area contributed by atoms with Crippen molar-refractivity contribution in [2.24, 2.45) is 0 Å². The fourth-order valence-corrected chi connectivity index (χ4v) is 6.11. The van der Waals surface area contributed by atoms with Crippen LogP contribution in [0.2, 0.25) is 10.0 Å². The van der Waals surface area contributed by atoms with Gasteiger partial charge in [0.2, 0.25) is 21.8 Å². The van der Waals surface area contributed by atoms with Crippen molar-refractivity contribution < 1.29 is 22.7 Å². The first-order chi connectivity index (χ1) is 20.1. The zero-order chi connectivity index (χ0) is 30.7. The van der Waals surface area contributed by atoms with E-state index in [1.54, 1.807) is 42.5 Å². The molecular formula is C31H37Cl2N3O5S. The van der Waals surface area contributed by atoms with Gasteiger partial charge < -0.3 is 15.0 Å². The molecule has 0 saturated heterocycles. The van der Waals surface area contributed by atoms with Gasteiger partial charge >= 0.3 is 0 Å². The van der Waals surface area contributed by atoms with Crippen LogP contribution >= 0.6 is 23.2 Å². The van der Waals surface area contributed by atoms with E-state index < -0.39 is 16.1 Å². The number of sulfonamides is 1. The van der Waals surface area contributed by atoms with Crippen LogP contribution in [0.3, 0.4) is 0 Å². The first-order valence-corrected chi connectivity index (χ1v) is 16.4. The van der Waals surface area contributed by atoms with E-state index in [0.29, 0.717) is 40.2 Å². The van der Waals surface area contributed by atoms with Crippen LogP contribution in [0.1, 0.15) is 37.8 Å². The summed E-state index contributed by atoms with van der Waals surface area (Å²) in [5.74, 6) is -0.197. The van der Waals surface area contributed by atoms with E-state index >= 15 is 0 Å². The molecule has 1 N–H and O–H groups in total. The number of hydrogen-bond acceptors (Lipinski definition) is 5. The second kappa shape index (κ2) is 15.8. The lowest BCUT2D eigenvalue weighted by atomic mass is 10.0. The summed E-state index contributed by atoms with van der Waals surface area (Å²) in [4.78, 5) is 28.8. The summed E-state index contributed by atoms with van der Waals surface area (Å²) in [6.45, 7) is 4.45. The number of nitrogens with one attached hydrogen (secondary N) is 1. The van der Waals surface area contributed by atoms with Gasteiger partial charge in [0.25, 0.3) is 0 Å². The van der Waals surface area contributed by atoms with Gasteiger partial charge in [0, 0.05) is 48.1 Å². The first-order valence-electron chi connectivity index (χ1n) is 13.8.